The topological polar surface area (TPSA) is 56.8 Å². The van der Waals surface area contributed by atoms with E-state index in [1.165, 1.54) is 19.0 Å². The van der Waals surface area contributed by atoms with Crippen molar-refractivity contribution in [1.29, 1.82) is 0 Å². The number of piperazine rings is 1. The quantitative estimate of drug-likeness (QED) is 0.555. The second-order valence-electron chi connectivity index (χ2n) is 8.00. The number of benzene rings is 1. The van der Waals surface area contributed by atoms with Gasteiger partial charge in [0.15, 0.2) is 0 Å². The van der Waals surface area contributed by atoms with E-state index in [2.05, 4.69) is 35.6 Å². The number of aromatic nitrogens is 1. The average Bonchev–Trinajstić information content (AvgIpc) is 2.77. The Kier molecular flexibility index (Phi) is 7.60. The van der Waals surface area contributed by atoms with Crippen LogP contribution in [0.25, 0.3) is 0 Å². The lowest BCUT2D eigenvalue weighted by Gasteiger charge is -2.35. The first-order valence-corrected chi connectivity index (χ1v) is 12.3. The van der Waals surface area contributed by atoms with Crippen molar-refractivity contribution in [3.63, 3.8) is 0 Å². The molecule has 0 saturated carbocycles. The van der Waals surface area contributed by atoms with Gasteiger partial charge in [0.25, 0.3) is 10.0 Å². The predicted octanol–water partition coefficient (Wildman–Crippen LogP) is 4.48. The summed E-state index contributed by atoms with van der Waals surface area (Å²) in [5, 5.41) is 0. The van der Waals surface area contributed by atoms with Gasteiger partial charge in [-0.3, -0.25) is 4.90 Å². The number of hydrogen-bond acceptors (Lipinski definition) is 5. The Balaban J connectivity index is 1.66. The van der Waals surface area contributed by atoms with E-state index in [1.807, 2.05) is 18.2 Å². The zero-order valence-electron chi connectivity index (χ0n) is 18.0. The van der Waals surface area contributed by atoms with Crippen LogP contribution in [0.5, 0.6) is 0 Å². The number of hydrogen-bond donors (Lipinski definition) is 0. The number of anilines is 2. The molecule has 0 bridgehead atoms. The van der Waals surface area contributed by atoms with Gasteiger partial charge >= 0.3 is 0 Å². The second kappa shape index (κ2) is 9.98. The van der Waals surface area contributed by atoms with Crippen molar-refractivity contribution in [2.45, 2.75) is 44.4 Å². The Morgan fingerprint density at radius 3 is 2.27 bits per heavy atom. The summed E-state index contributed by atoms with van der Waals surface area (Å²) in [6.07, 6.45) is 3.96. The Morgan fingerprint density at radius 2 is 1.73 bits per heavy atom. The number of halogens is 1. The molecule has 0 aliphatic carbocycles. The molecule has 1 aliphatic heterocycles. The molecule has 2 heterocycles. The molecule has 1 saturated heterocycles. The van der Waals surface area contributed by atoms with E-state index in [0.717, 1.165) is 47.9 Å². The molecule has 1 aromatic carbocycles. The molecule has 1 fully saturated rings. The van der Waals surface area contributed by atoms with Crippen molar-refractivity contribution in [3.8, 4) is 0 Å². The fourth-order valence-electron chi connectivity index (χ4n) is 3.51. The van der Waals surface area contributed by atoms with E-state index in [0.29, 0.717) is 11.6 Å². The van der Waals surface area contributed by atoms with E-state index >= 15 is 0 Å². The average molecular weight is 451 g/mol. The molecule has 0 radical (unpaired) electrons. The van der Waals surface area contributed by atoms with Crippen LogP contribution < -0.4 is 8.72 Å². The lowest BCUT2D eigenvalue weighted by molar-refractivity contribution is 0.253. The van der Waals surface area contributed by atoms with Gasteiger partial charge in [0.1, 0.15) is 5.82 Å². The summed E-state index contributed by atoms with van der Waals surface area (Å²) in [6, 6.07) is 10.4. The van der Waals surface area contributed by atoms with Gasteiger partial charge in [-0.25, -0.2) is 4.98 Å². The largest absolute Gasteiger partial charge is 0.354 e. The van der Waals surface area contributed by atoms with Crippen LogP contribution in [0.4, 0.5) is 11.5 Å². The lowest BCUT2D eigenvalue weighted by atomic mass is 10.0. The van der Waals surface area contributed by atoms with Crippen molar-refractivity contribution in [3.05, 3.63) is 48.2 Å². The van der Waals surface area contributed by atoms with Gasteiger partial charge < -0.3 is 4.90 Å². The third-order valence-electron chi connectivity index (χ3n) is 5.52. The van der Waals surface area contributed by atoms with Gasteiger partial charge in [0.2, 0.25) is 0 Å². The summed E-state index contributed by atoms with van der Waals surface area (Å²) < 4.78 is 26.5. The van der Waals surface area contributed by atoms with E-state index < -0.39 is 10.0 Å². The minimum Gasteiger partial charge on any atom is -0.354 e. The van der Waals surface area contributed by atoms with Crippen LogP contribution in [-0.2, 0) is 10.0 Å². The Labute approximate surface area is 185 Å². The first-order valence-electron chi connectivity index (χ1n) is 10.6. The molecule has 1 aromatic heterocycles. The standard InChI is InChI=1S/C22H31ClN4O2S/c1-4-5-12-25-13-15-26(16-14-25)22-11-8-20(17-24-22)27(23)30(28,29)21-9-6-19(7-10-21)18(2)3/h6-11,17-18H,4-5,12-16H2,1-3H3. The third-order valence-corrected chi connectivity index (χ3v) is 7.76. The van der Waals surface area contributed by atoms with Crippen molar-refractivity contribution < 1.29 is 8.42 Å². The molecule has 6 nitrogen and oxygen atoms in total. The van der Waals surface area contributed by atoms with Crippen LogP contribution in [0.1, 0.15) is 45.1 Å². The highest BCUT2D eigenvalue weighted by atomic mass is 35.5. The highest BCUT2D eigenvalue weighted by Crippen LogP contribution is 2.28. The van der Waals surface area contributed by atoms with Crippen LogP contribution in [-0.4, -0.2) is 51.0 Å². The Bertz CT molecular complexity index is 909. The highest BCUT2D eigenvalue weighted by molar-refractivity contribution is 7.94. The molecule has 8 heteroatoms. The normalized spacial score (nSPS) is 15.6. The summed E-state index contributed by atoms with van der Waals surface area (Å²) >= 11 is 6.23. The Morgan fingerprint density at radius 1 is 1.07 bits per heavy atom. The lowest BCUT2D eigenvalue weighted by Crippen LogP contribution is -2.46. The molecule has 2 aromatic rings. The molecule has 0 spiro atoms. The molecular weight excluding hydrogens is 420 g/mol. The van der Waals surface area contributed by atoms with Crippen molar-refractivity contribution in [2.24, 2.45) is 0 Å². The summed E-state index contributed by atoms with van der Waals surface area (Å²) in [5.41, 5.74) is 1.41. The summed E-state index contributed by atoms with van der Waals surface area (Å²) in [5.74, 6) is 1.18. The van der Waals surface area contributed by atoms with E-state index in [-0.39, 0.29) is 4.90 Å². The van der Waals surface area contributed by atoms with E-state index in [9.17, 15) is 8.42 Å². The van der Waals surface area contributed by atoms with Crippen LogP contribution >= 0.6 is 11.8 Å². The minimum atomic E-state index is -3.85. The van der Waals surface area contributed by atoms with Crippen LogP contribution in [0.15, 0.2) is 47.5 Å². The van der Waals surface area contributed by atoms with Gasteiger partial charge in [-0.05, 0) is 48.7 Å². The summed E-state index contributed by atoms with van der Waals surface area (Å²) in [4.78, 5) is 9.34. The zero-order chi connectivity index (χ0) is 21.7. The molecule has 0 amide bonds. The third kappa shape index (κ3) is 5.25. The molecule has 30 heavy (non-hydrogen) atoms. The first kappa shape index (κ1) is 22.8. The fourth-order valence-corrected chi connectivity index (χ4v) is 4.90. The van der Waals surface area contributed by atoms with E-state index in [4.69, 9.17) is 11.8 Å². The van der Waals surface area contributed by atoms with Crippen molar-refractivity contribution in [2.75, 3.05) is 41.4 Å². The smallest absolute Gasteiger partial charge is 0.278 e. The highest BCUT2D eigenvalue weighted by Gasteiger charge is 2.25. The first-order chi connectivity index (χ1) is 14.3. The SMILES string of the molecule is CCCCN1CCN(c2ccc(N(Cl)S(=O)(=O)c3ccc(C(C)C)cc3)cn2)CC1. The molecule has 3 rings (SSSR count). The maximum absolute atomic E-state index is 12.9. The fraction of sp³-hybridized carbons (Fsp3) is 0.500. The van der Waals surface area contributed by atoms with Crippen molar-refractivity contribution in [1.82, 2.24) is 9.88 Å². The molecule has 164 valence electrons. The van der Waals surface area contributed by atoms with Gasteiger partial charge in [-0.1, -0.05) is 39.3 Å². The summed E-state index contributed by atoms with van der Waals surface area (Å²) in [6.45, 7) is 11.4. The molecular formula is C22H31ClN4O2S. The monoisotopic (exact) mass is 450 g/mol. The van der Waals surface area contributed by atoms with Crippen molar-refractivity contribution >= 4 is 33.3 Å². The van der Waals surface area contributed by atoms with Crippen LogP contribution in [0.3, 0.4) is 0 Å². The number of rotatable bonds is 8. The van der Waals surface area contributed by atoms with Gasteiger partial charge in [0, 0.05) is 38.0 Å². The van der Waals surface area contributed by atoms with Gasteiger partial charge in [0.05, 0.1) is 16.8 Å². The number of sulfonamides is 1. The van der Waals surface area contributed by atoms with Crippen LogP contribution in [0.2, 0.25) is 0 Å². The molecule has 0 N–H and O–H groups in total. The molecule has 0 unspecified atom stereocenters. The number of pyridine rings is 1. The van der Waals surface area contributed by atoms with E-state index in [1.54, 1.807) is 18.2 Å². The molecule has 1 aliphatic rings. The molecule has 0 atom stereocenters. The second-order valence-corrected chi connectivity index (χ2v) is 10.3. The number of unbranched alkanes of at least 4 members (excludes halogenated alkanes) is 1. The maximum Gasteiger partial charge on any atom is 0.278 e. The maximum atomic E-state index is 12.9. The summed E-state index contributed by atoms with van der Waals surface area (Å²) in [7, 11) is -3.85. The Hall–Kier alpha value is -1.83. The van der Waals surface area contributed by atoms with Gasteiger partial charge in [-0.15, -0.1) is 0 Å². The van der Waals surface area contributed by atoms with Crippen LogP contribution in [0, 0.1) is 0 Å². The predicted molar refractivity (Wildman–Crippen MR) is 124 cm³/mol. The number of nitrogens with zero attached hydrogens (tertiary/aromatic N) is 4. The zero-order valence-corrected chi connectivity index (χ0v) is 19.5. The minimum absolute atomic E-state index is 0.161. The van der Waals surface area contributed by atoms with Gasteiger partial charge in [-0.2, -0.15) is 12.2 Å².